The standard InChI is InChI=1S/C16H17N3O2/c1-21-13-6-2-5-12(11-13)16(9-4-10-17)8-3-7-14(19-18)15(16)20/h2,5-6,11H,3-4,7-9H2,1H3. The first-order valence-corrected chi connectivity index (χ1v) is 6.95. The van der Waals surface area contributed by atoms with E-state index >= 15 is 0 Å². The Kier molecular flexibility index (Phi) is 4.52. The van der Waals surface area contributed by atoms with Gasteiger partial charge in [-0.15, -0.1) is 0 Å². The summed E-state index contributed by atoms with van der Waals surface area (Å²) >= 11 is 0. The van der Waals surface area contributed by atoms with Gasteiger partial charge in [0.25, 0.3) is 0 Å². The zero-order valence-electron chi connectivity index (χ0n) is 12.0. The van der Waals surface area contributed by atoms with E-state index in [4.69, 9.17) is 15.5 Å². The number of rotatable bonds is 4. The molecule has 0 radical (unpaired) electrons. The predicted octanol–water partition coefficient (Wildman–Crippen LogP) is 2.66. The molecule has 0 heterocycles. The molecule has 5 nitrogen and oxygen atoms in total. The van der Waals surface area contributed by atoms with E-state index in [1.807, 2.05) is 24.3 Å². The van der Waals surface area contributed by atoms with Crippen molar-refractivity contribution in [3.05, 3.63) is 35.4 Å². The number of nitrogens with zero attached hydrogens (tertiary/aromatic N) is 3. The van der Waals surface area contributed by atoms with Gasteiger partial charge in [-0.2, -0.15) is 10.1 Å². The Labute approximate surface area is 123 Å². The van der Waals surface area contributed by atoms with Gasteiger partial charge in [0, 0.05) is 6.42 Å². The summed E-state index contributed by atoms with van der Waals surface area (Å²) in [7, 11) is 1.57. The van der Waals surface area contributed by atoms with Crippen LogP contribution in [0.5, 0.6) is 5.75 Å². The zero-order chi connectivity index (χ0) is 15.3. The highest BCUT2D eigenvalue weighted by Crippen LogP contribution is 2.40. The Morgan fingerprint density at radius 2 is 2.33 bits per heavy atom. The van der Waals surface area contributed by atoms with E-state index in [2.05, 4.69) is 10.9 Å². The summed E-state index contributed by atoms with van der Waals surface area (Å²) in [5.41, 5.74) is 9.28. The van der Waals surface area contributed by atoms with Crippen LogP contribution in [0.2, 0.25) is 0 Å². The summed E-state index contributed by atoms with van der Waals surface area (Å²) < 4.78 is 5.23. The molecule has 108 valence electrons. The summed E-state index contributed by atoms with van der Waals surface area (Å²) in [4.78, 5) is 15.9. The average Bonchev–Trinajstić information content (AvgIpc) is 2.54. The number of carbonyl (C=O) groups excluding carboxylic acids is 1. The molecule has 0 amide bonds. The second-order valence-corrected chi connectivity index (χ2v) is 5.20. The maximum atomic E-state index is 12.7. The normalized spacial score (nSPS) is 21.5. The highest BCUT2D eigenvalue weighted by atomic mass is 16.5. The second kappa shape index (κ2) is 6.34. The Morgan fingerprint density at radius 1 is 1.52 bits per heavy atom. The quantitative estimate of drug-likeness (QED) is 0.628. The minimum atomic E-state index is -0.788. The molecule has 1 saturated carbocycles. The number of ether oxygens (including phenoxy) is 1. The first-order chi connectivity index (χ1) is 10.2. The van der Waals surface area contributed by atoms with Crippen LogP contribution in [0.25, 0.3) is 5.53 Å². The van der Waals surface area contributed by atoms with Gasteiger partial charge >= 0.3 is 5.71 Å². The van der Waals surface area contributed by atoms with E-state index in [0.717, 1.165) is 12.0 Å². The van der Waals surface area contributed by atoms with Crippen LogP contribution in [0, 0.1) is 11.3 Å². The van der Waals surface area contributed by atoms with Crippen LogP contribution in [-0.4, -0.2) is 23.4 Å². The Morgan fingerprint density at radius 3 is 3.00 bits per heavy atom. The molecule has 0 bridgehead atoms. The van der Waals surface area contributed by atoms with Gasteiger partial charge in [0.2, 0.25) is 5.78 Å². The molecular weight excluding hydrogens is 266 g/mol. The molecule has 2 rings (SSSR count). The molecule has 1 atom stereocenters. The van der Waals surface area contributed by atoms with Crippen LogP contribution < -0.4 is 4.74 Å². The van der Waals surface area contributed by atoms with Crippen LogP contribution >= 0.6 is 0 Å². The van der Waals surface area contributed by atoms with E-state index in [9.17, 15) is 4.79 Å². The van der Waals surface area contributed by atoms with Gasteiger partial charge in [-0.3, -0.25) is 4.79 Å². The SMILES string of the molecule is COc1cccc(C2(CCC#N)CCCC(=[N+]=[N-])C2=O)c1. The topological polar surface area (TPSA) is 86.5 Å². The number of nitriles is 1. The highest BCUT2D eigenvalue weighted by molar-refractivity contribution is 6.41. The monoisotopic (exact) mass is 283 g/mol. The van der Waals surface area contributed by atoms with Gasteiger partial charge in [0.1, 0.15) is 5.75 Å². The smallest absolute Gasteiger partial charge is 0.335 e. The van der Waals surface area contributed by atoms with E-state index in [1.54, 1.807) is 7.11 Å². The number of carbonyl (C=O) groups is 1. The van der Waals surface area contributed by atoms with Crippen molar-refractivity contribution < 1.29 is 14.3 Å². The summed E-state index contributed by atoms with van der Waals surface area (Å²) in [5.74, 6) is 0.490. The third-order valence-electron chi connectivity index (χ3n) is 4.12. The summed E-state index contributed by atoms with van der Waals surface area (Å²) in [6, 6.07) is 9.46. The maximum Gasteiger partial charge on any atom is 0.335 e. The number of benzene rings is 1. The van der Waals surface area contributed by atoms with E-state index in [1.165, 1.54) is 0 Å². The van der Waals surface area contributed by atoms with Crippen molar-refractivity contribution in [2.24, 2.45) is 0 Å². The number of ketones is 1. The van der Waals surface area contributed by atoms with Crippen LogP contribution in [0.15, 0.2) is 24.3 Å². The van der Waals surface area contributed by atoms with E-state index < -0.39 is 5.41 Å². The third-order valence-corrected chi connectivity index (χ3v) is 4.12. The highest BCUT2D eigenvalue weighted by Gasteiger charge is 2.48. The van der Waals surface area contributed by atoms with Gasteiger partial charge in [-0.1, -0.05) is 12.1 Å². The number of hydrogen-bond donors (Lipinski definition) is 0. The summed E-state index contributed by atoms with van der Waals surface area (Å²) in [6.45, 7) is 0. The molecule has 1 aromatic rings. The molecule has 1 fully saturated rings. The molecule has 0 aliphatic heterocycles. The molecular formula is C16H17N3O2. The number of hydrogen-bond acceptors (Lipinski definition) is 3. The largest absolute Gasteiger partial charge is 0.497 e. The molecule has 1 aromatic carbocycles. The van der Waals surface area contributed by atoms with Gasteiger partial charge in [-0.25, -0.2) is 0 Å². The Hall–Kier alpha value is -2.44. The molecule has 0 spiro atoms. The Balaban J connectivity index is 2.53. The minimum absolute atomic E-state index is 0.181. The lowest BCUT2D eigenvalue weighted by molar-refractivity contribution is -0.124. The first kappa shape index (κ1) is 15.0. The molecule has 1 aliphatic carbocycles. The summed E-state index contributed by atoms with van der Waals surface area (Å²) in [6.07, 6.45) is 2.59. The Bertz CT molecular complexity index is 641. The van der Waals surface area contributed by atoms with Crippen molar-refractivity contribution in [2.45, 2.75) is 37.5 Å². The lowest BCUT2D eigenvalue weighted by atomic mass is 9.65. The van der Waals surface area contributed by atoms with Crippen LogP contribution in [0.1, 0.15) is 37.7 Å². The molecule has 1 aliphatic rings. The molecule has 0 N–H and O–H groups in total. The van der Waals surface area contributed by atoms with Crippen molar-refractivity contribution in [3.8, 4) is 11.8 Å². The summed E-state index contributed by atoms with van der Waals surface area (Å²) in [5, 5.41) is 8.90. The fourth-order valence-electron chi connectivity index (χ4n) is 3.00. The zero-order valence-corrected chi connectivity index (χ0v) is 12.0. The van der Waals surface area contributed by atoms with Crippen LogP contribution in [-0.2, 0) is 10.2 Å². The van der Waals surface area contributed by atoms with E-state index in [0.29, 0.717) is 25.0 Å². The van der Waals surface area contributed by atoms with Crippen LogP contribution in [0.4, 0.5) is 0 Å². The lowest BCUT2D eigenvalue weighted by Gasteiger charge is -2.33. The molecule has 5 heteroatoms. The molecule has 0 aromatic heterocycles. The molecule has 0 saturated heterocycles. The second-order valence-electron chi connectivity index (χ2n) is 5.20. The van der Waals surface area contributed by atoms with Gasteiger partial charge < -0.3 is 10.3 Å². The van der Waals surface area contributed by atoms with Gasteiger partial charge in [0.15, 0.2) is 0 Å². The predicted molar refractivity (Wildman–Crippen MR) is 77.0 cm³/mol. The van der Waals surface area contributed by atoms with Crippen molar-refractivity contribution in [1.82, 2.24) is 0 Å². The van der Waals surface area contributed by atoms with Gasteiger partial charge in [0.05, 0.1) is 25.0 Å². The van der Waals surface area contributed by atoms with Crippen LogP contribution in [0.3, 0.4) is 0 Å². The molecule has 21 heavy (non-hydrogen) atoms. The van der Waals surface area contributed by atoms with Crippen molar-refractivity contribution >= 4 is 11.5 Å². The van der Waals surface area contributed by atoms with Crippen molar-refractivity contribution in [3.63, 3.8) is 0 Å². The minimum Gasteiger partial charge on any atom is -0.497 e. The van der Waals surface area contributed by atoms with Gasteiger partial charge in [-0.05, 0) is 37.0 Å². The first-order valence-electron chi connectivity index (χ1n) is 6.95. The fourth-order valence-corrected chi connectivity index (χ4v) is 3.00. The number of Topliss-reactive ketones (excluding diaryl/α,β-unsaturated/α-hetero) is 1. The maximum absolute atomic E-state index is 12.7. The lowest BCUT2D eigenvalue weighted by Crippen LogP contribution is -2.44. The number of methoxy groups -OCH3 is 1. The van der Waals surface area contributed by atoms with Crippen molar-refractivity contribution in [2.75, 3.05) is 7.11 Å². The average molecular weight is 283 g/mol. The van der Waals surface area contributed by atoms with Crippen molar-refractivity contribution in [1.29, 1.82) is 5.26 Å². The van der Waals surface area contributed by atoms with E-state index in [-0.39, 0.29) is 17.9 Å². The fraction of sp³-hybridized carbons (Fsp3) is 0.438. The third kappa shape index (κ3) is 2.72. The molecule has 1 unspecified atom stereocenters.